The first-order valence-electron chi connectivity index (χ1n) is 6.07. The van der Waals surface area contributed by atoms with Crippen molar-refractivity contribution in [2.24, 2.45) is 0 Å². The standard InChI is InChI=1S/C13H19ClN2S/c1-15-10-11-3-4-12(9-13(11)14)16-5-2-7-17-8-6-16/h3-4,9,15H,2,5-8,10H2,1H3. The molecule has 0 amide bonds. The quantitative estimate of drug-likeness (QED) is 0.909. The van der Waals surface area contributed by atoms with Crippen LogP contribution in [0.3, 0.4) is 0 Å². The highest BCUT2D eigenvalue weighted by atomic mass is 35.5. The van der Waals surface area contributed by atoms with Crippen LogP contribution in [-0.2, 0) is 6.54 Å². The Hall–Kier alpha value is -0.380. The highest BCUT2D eigenvalue weighted by molar-refractivity contribution is 7.99. The van der Waals surface area contributed by atoms with Crippen LogP contribution in [0, 0.1) is 0 Å². The van der Waals surface area contributed by atoms with Gasteiger partial charge in [-0.1, -0.05) is 17.7 Å². The molecule has 0 aromatic heterocycles. The lowest BCUT2D eigenvalue weighted by atomic mass is 10.2. The number of nitrogens with one attached hydrogen (secondary N) is 1. The van der Waals surface area contributed by atoms with Crippen LogP contribution in [-0.4, -0.2) is 31.6 Å². The smallest absolute Gasteiger partial charge is 0.0471 e. The van der Waals surface area contributed by atoms with E-state index in [1.807, 2.05) is 18.8 Å². The van der Waals surface area contributed by atoms with Gasteiger partial charge in [0.2, 0.25) is 0 Å². The van der Waals surface area contributed by atoms with Gasteiger partial charge in [0.15, 0.2) is 0 Å². The topological polar surface area (TPSA) is 15.3 Å². The van der Waals surface area contributed by atoms with Gasteiger partial charge in [0.25, 0.3) is 0 Å². The van der Waals surface area contributed by atoms with Crippen molar-refractivity contribution in [2.45, 2.75) is 13.0 Å². The Morgan fingerprint density at radius 2 is 2.24 bits per heavy atom. The number of halogens is 1. The van der Waals surface area contributed by atoms with E-state index in [1.165, 1.54) is 29.2 Å². The summed E-state index contributed by atoms with van der Waals surface area (Å²) < 4.78 is 0. The molecule has 1 aliphatic rings. The Bertz CT molecular complexity index is 362. The second-order valence-electron chi connectivity index (χ2n) is 4.26. The molecule has 1 aromatic carbocycles. The first-order valence-corrected chi connectivity index (χ1v) is 7.60. The maximum atomic E-state index is 6.30. The maximum absolute atomic E-state index is 6.30. The minimum absolute atomic E-state index is 0.828. The molecule has 1 aliphatic heterocycles. The molecular weight excluding hydrogens is 252 g/mol. The zero-order valence-corrected chi connectivity index (χ0v) is 11.8. The van der Waals surface area contributed by atoms with E-state index in [1.54, 1.807) is 0 Å². The first-order chi connectivity index (χ1) is 8.31. The molecule has 0 atom stereocenters. The molecule has 1 saturated heterocycles. The third-order valence-electron chi connectivity index (χ3n) is 2.99. The van der Waals surface area contributed by atoms with Crippen molar-refractivity contribution in [1.29, 1.82) is 0 Å². The molecule has 2 rings (SSSR count). The van der Waals surface area contributed by atoms with Crippen molar-refractivity contribution in [3.63, 3.8) is 0 Å². The summed E-state index contributed by atoms with van der Waals surface area (Å²) in [5.41, 5.74) is 2.43. The van der Waals surface area contributed by atoms with Gasteiger partial charge < -0.3 is 10.2 Å². The van der Waals surface area contributed by atoms with Crippen molar-refractivity contribution >= 4 is 29.1 Å². The summed E-state index contributed by atoms with van der Waals surface area (Å²) in [6.45, 7) is 3.11. The molecule has 1 N–H and O–H groups in total. The van der Waals surface area contributed by atoms with Crippen LogP contribution in [0.15, 0.2) is 18.2 Å². The van der Waals surface area contributed by atoms with E-state index < -0.39 is 0 Å². The molecule has 0 aliphatic carbocycles. The fourth-order valence-electron chi connectivity index (χ4n) is 2.07. The molecule has 0 spiro atoms. The fraction of sp³-hybridized carbons (Fsp3) is 0.538. The lowest BCUT2D eigenvalue weighted by Gasteiger charge is -2.23. The summed E-state index contributed by atoms with van der Waals surface area (Å²) in [5, 5.41) is 4.00. The zero-order chi connectivity index (χ0) is 12.1. The highest BCUT2D eigenvalue weighted by Crippen LogP contribution is 2.25. The van der Waals surface area contributed by atoms with Gasteiger partial charge in [0, 0.05) is 36.1 Å². The maximum Gasteiger partial charge on any atom is 0.0471 e. The van der Waals surface area contributed by atoms with Gasteiger partial charge in [-0.15, -0.1) is 0 Å². The zero-order valence-electron chi connectivity index (χ0n) is 10.2. The first kappa shape index (κ1) is 13.1. The normalized spacial score (nSPS) is 16.9. The van der Waals surface area contributed by atoms with E-state index in [-0.39, 0.29) is 0 Å². The molecule has 2 nitrogen and oxygen atoms in total. The third kappa shape index (κ3) is 3.54. The van der Waals surface area contributed by atoms with Crippen LogP contribution >= 0.6 is 23.4 Å². The van der Waals surface area contributed by atoms with Crippen molar-refractivity contribution in [2.75, 3.05) is 36.5 Å². The van der Waals surface area contributed by atoms with Gasteiger partial charge in [-0.25, -0.2) is 0 Å². The molecule has 94 valence electrons. The van der Waals surface area contributed by atoms with Gasteiger partial charge in [0.1, 0.15) is 0 Å². The molecule has 0 unspecified atom stereocenters. The number of hydrogen-bond donors (Lipinski definition) is 1. The van der Waals surface area contributed by atoms with Gasteiger partial charge in [0.05, 0.1) is 0 Å². The number of anilines is 1. The Labute approximate surface area is 113 Å². The molecule has 17 heavy (non-hydrogen) atoms. The Balaban J connectivity index is 2.12. The lowest BCUT2D eigenvalue weighted by Crippen LogP contribution is -2.25. The molecular formula is C13H19ClN2S. The van der Waals surface area contributed by atoms with Crippen LogP contribution in [0.5, 0.6) is 0 Å². The third-order valence-corrected chi connectivity index (χ3v) is 4.39. The van der Waals surface area contributed by atoms with Crippen molar-refractivity contribution in [3.05, 3.63) is 28.8 Å². The largest absolute Gasteiger partial charge is 0.371 e. The molecule has 0 radical (unpaired) electrons. The van der Waals surface area contributed by atoms with Crippen LogP contribution < -0.4 is 10.2 Å². The van der Waals surface area contributed by atoms with Crippen molar-refractivity contribution in [1.82, 2.24) is 5.32 Å². The minimum atomic E-state index is 0.828. The summed E-state index contributed by atoms with van der Waals surface area (Å²) in [7, 11) is 1.94. The predicted octanol–water partition coefficient (Wildman–Crippen LogP) is 3.00. The van der Waals surface area contributed by atoms with Crippen molar-refractivity contribution < 1.29 is 0 Å². The summed E-state index contributed by atoms with van der Waals surface area (Å²) in [5.74, 6) is 2.50. The second kappa shape index (κ2) is 6.53. The molecule has 4 heteroatoms. The SMILES string of the molecule is CNCc1ccc(N2CCCSCC2)cc1Cl. The van der Waals surface area contributed by atoms with Gasteiger partial charge in [-0.3, -0.25) is 0 Å². The average molecular weight is 271 g/mol. The summed E-state index contributed by atoms with van der Waals surface area (Å²) in [4.78, 5) is 2.44. The van der Waals surface area contributed by atoms with E-state index in [0.717, 1.165) is 24.7 Å². The number of benzene rings is 1. The Kier molecular flexibility index (Phi) is 5.01. The Morgan fingerprint density at radius 3 is 3.00 bits per heavy atom. The van der Waals surface area contributed by atoms with E-state index in [4.69, 9.17) is 11.6 Å². The number of thioether (sulfide) groups is 1. The van der Waals surface area contributed by atoms with Crippen molar-refractivity contribution in [3.8, 4) is 0 Å². The summed E-state index contributed by atoms with van der Waals surface area (Å²) in [6, 6.07) is 6.42. The molecule has 0 saturated carbocycles. The fourth-order valence-corrected chi connectivity index (χ4v) is 3.20. The molecule has 1 fully saturated rings. The average Bonchev–Trinajstić information content (AvgIpc) is 2.60. The highest BCUT2D eigenvalue weighted by Gasteiger charge is 2.11. The molecule has 0 bridgehead atoms. The predicted molar refractivity (Wildman–Crippen MR) is 78.4 cm³/mol. The van der Waals surface area contributed by atoms with E-state index in [9.17, 15) is 0 Å². The van der Waals surface area contributed by atoms with Gasteiger partial charge in [-0.05, 0) is 36.9 Å². The van der Waals surface area contributed by atoms with Crippen LogP contribution in [0.2, 0.25) is 5.02 Å². The minimum Gasteiger partial charge on any atom is -0.371 e. The number of hydrogen-bond acceptors (Lipinski definition) is 3. The summed E-state index contributed by atoms with van der Waals surface area (Å²) >= 11 is 8.34. The molecule has 1 aromatic rings. The molecule has 1 heterocycles. The second-order valence-corrected chi connectivity index (χ2v) is 5.89. The van der Waals surface area contributed by atoms with E-state index in [2.05, 4.69) is 28.4 Å². The Morgan fingerprint density at radius 1 is 1.35 bits per heavy atom. The van der Waals surface area contributed by atoms with E-state index >= 15 is 0 Å². The van der Waals surface area contributed by atoms with Gasteiger partial charge >= 0.3 is 0 Å². The lowest BCUT2D eigenvalue weighted by molar-refractivity contribution is 0.807. The number of rotatable bonds is 3. The van der Waals surface area contributed by atoms with Crippen LogP contribution in [0.4, 0.5) is 5.69 Å². The van der Waals surface area contributed by atoms with Crippen LogP contribution in [0.1, 0.15) is 12.0 Å². The van der Waals surface area contributed by atoms with E-state index in [0.29, 0.717) is 0 Å². The monoisotopic (exact) mass is 270 g/mol. The van der Waals surface area contributed by atoms with Crippen LogP contribution in [0.25, 0.3) is 0 Å². The van der Waals surface area contributed by atoms with Gasteiger partial charge in [-0.2, -0.15) is 11.8 Å². The number of nitrogens with zero attached hydrogens (tertiary/aromatic N) is 1. The summed E-state index contributed by atoms with van der Waals surface area (Å²) in [6.07, 6.45) is 1.26.